The summed E-state index contributed by atoms with van der Waals surface area (Å²) in [6.07, 6.45) is 3.73. The van der Waals surface area contributed by atoms with Crippen molar-refractivity contribution < 1.29 is 19.4 Å². The quantitative estimate of drug-likeness (QED) is 0.219. The number of hydrogen-bond acceptors (Lipinski definition) is 6. The minimum absolute atomic E-state index is 0.254. The number of aliphatic carboxylic acids is 1. The van der Waals surface area contributed by atoms with Gasteiger partial charge in [-0.25, -0.2) is 9.97 Å². The molecule has 0 saturated heterocycles. The molecule has 0 aliphatic heterocycles. The smallest absolute Gasteiger partial charge is 0.306 e. The molecule has 0 spiro atoms. The second kappa shape index (κ2) is 10.6. The van der Waals surface area contributed by atoms with Crippen LogP contribution in [-0.2, 0) is 11.3 Å². The van der Waals surface area contributed by atoms with Crippen LogP contribution in [0.5, 0.6) is 11.6 Å². The number of nitrogens with zero attached hydrogens (tertiary/aromatic N) is 4. The molecule has 4 aromatic rings. The number of hydrogen-bond donors (Lipinski definition) is 1. The predicted octanol–water partition coefficient (Wildman–Crippen LogP) is 6.92. The van der Waals surface area contributed by atoms with Crippen LogP contribution in [0.15, 0.2) is 42.7 Å². The molecular weight excluding hydrogens is 551 g/mol. The summed E-state index contributed by atoms with van der Waals surface area (Å²) in [6.45, 7) is 4.27. The number of fused-ring (bicyclic) bond motifs is 1. The van der Waals surface area contributed by atoms with Gasteiger partial charge in [0.15, 0.2) is 11.2 Å². The van der Waals surface area contributed by atoms with Crippen LogP contribution in [0.3, 0.4) is 0 Å². The Morgan fingerprint density at radius 1 is 1.13 bits per heavy atom. The van der Waals surface area contributed by atoms with E-state index in [9.17, 15) is 4.79 Å². The molecule has 0 bridgehead atoms. The zero-order valence-corrected chi connectivity index (χ0v) is 23.0. The molecule has 8 nitrogen and oxygen atoms in total. The van der Waals surface area contributed by atoms with Gasteiger partial charge in [0.25, 0.3) is 0 Å². The van der Waals surface area contributed by atoms with Crippen LogP contribution >= 0.6 is 34.8 Å². The fraction of sp³-hybridized carbons (Fsp3) is 0.333. The number of carbonyl (C=O) groups is 1. The normalized spacial score (nSPS) is 14.9. The van der Waals surface area contributed by atoms with Gasteiger partial charge >= 0.3 is 5.97 Å². The van der Waals surface area contributed by atoms with E-state index < -0.39 is 11.9 Å². The Labute approximate surface area is 234 Å². The van der Waals surface area contributed by atoms with Crippen molar-refractivity contribution in [2.75, 3.05) is 6.61 Å². The van der Waals surface area contributed by atoms with Crippen LogP contribution in [0.25, 0.3) is 22.6 Å². The van der Waals surface area contributed by atoms with Crippen molar-refractivity contribution in [1.29, 1.82) is 0 Å². The van der Waals surface area contributed by atoms with Gasteiger partial charge in [-0.15, -0.1) is 0 Å². The van der Waals surface area contributed by atoms with Crippen molar-refractivity contribution in [2.24, 2.45) is 5.92 Å². The summed E-state index contributed by atoms with van der Waals surface area (Å²) in [5, 5.41) is 10.6. The second-order valence-electron chi connectivity index (χ2n) is 9.68. The molecule has 5 rings (SSSR count). The first-order valence-corrected chi connectivity index (χ1v) is 13.3. The molecule has 198 valence electrons. The van der Waals surface area contributed by atoms with Crippen LogP contribution < -0.4 is 9.47 Å². The van der Waals surface area contributed by atoms with E-state index in [0.717, 1.165) is 18.4 Å². The Morgan fingerprint density at radius 2 is 1.92 bits per heavy atom. The maximum absolute atomic E-state index is 11.1. The molecule has 1 aliphatic carbocycles. The largest absolute Gasteiger partial charge is 0.494 e. The molecule has 0 amide bonds. The molecule has 1 fully saturated rings. The van der Waals surface area contributed by atoms with Gasteiger partial charge in [0.1, 0.15) is 23.5 Å². The zero-order valence-electron chi connectivity index (χ0n) is 20.7. The van der Waals surface area contributed by atoms with E-state index in [1.807, 2.05) is 17.6 Å². The van der Waals surface area contributed by atoms with Crippen molar-refractivity contribution in [3.8, 4) is 23.0 Å². The van der Waals surface area contributed by atoms with E-state index in [1.54, 1.807) is 37.3 Å². The third-order valence-electron chi connectivity index (χ3n) is 6.55. The van der Waals surface area contributed by atoms with Gasteiger partial charge in [-0.1, -0.05) is 41.7 Å². The van der Waals surface area contributed by atoms with Gasteiger partial charge < -0.3 is 19.1 Å². The SMILES string of the molecule is C[C@H](CCOc1ccc(-c2nc3c(OC4(C)CC4)ncnc3n2Cc2cc(Cl)ccc2Cl)c(Cl)c1)C(=O)O. The fourth-order valence-electron chi connectivity index (χ4n) is 3.94. The van der Waals surface area contributed by atoms with Crippen LogP contribution in [0.2, 0.25) is 15.1 Å². The summed E-state index contributed by atoms with van der Waals surface area (Å²) < 4.78 is 13.8. The standard InChI is InChI=1S/C27H25Cl3N4O4/c1-15(26(35)36)7-10-37-18-4-5-19(21(30)12-18)23-33-22-24(31-14-32-25(22)38-27(2)8-9-27)34(23)13-16-11-17(28)3-6-20(16)29/h3-6,11-12,14-15H,7-10,13H2,1-2H3,(H,35,36)/t15-/m1/s1. The molecule has 1 N–H and O–H groups in total. The molecule has 0 unspecified atom stereocenters. The molecule has 1 saturated carbocycles. The maximum Gasteiger partial charge on any atom is 0.306 e. The third-order valence-corrected chi connectivity index (χ3v) is 7.47. The number of carboxylic acids is 1. The molecular formula is C27H25Cl3N4O4. The molecule has 1 aliphatic rings. The Kier molecular flexibility index (Phi) is 7.40. The van der Waals surface area contributed by atoms with E-state index in [0.29, 0.717) is 62.2 Å². The average molecular weight is 576 g/mol. The highest BCUT2D eigenvalue weighted by molar-refractivity contribution is 6.34. The molecule has 11 heteroatoms. The Balaban J connectivity index is 1.54. The molecule has 0 radical (unpaired) electrons. The van der Waals surface area contributed by atoms with Gasteiger partial charge in [-0.3, -0.25) is 4.79 Å². The molecule has 2 aromatic heterocycles. The van der Waals surface area contributed by atoms with E-state index in [-0.39, 0.29) is 12.2 Å². The van der Waals surface area contributed by atoms with Crippen LogP contribution in [0.1, 0.15) is 38.7 Å². The van der Waals surface area contributed by atoms with E-state index in [4.69, 9.17) is 54.4 Å². The summed E-state index contributed by atoms with van der Waals surface area (Å²) in [6, 6.07) is 10.6. The minimum atomic E-state index is -0.859. The Morgan fingerprint density at radius 3 is 2.63 bits per heavy atom. The van der Waals surface area contributed by atoms with Crippen LogP contribution in [0, 0.1) is 5.92 Å². The number of rotatable bonds is 10. The van der Waals surface area contributed by atoms with Crippen molar-refractivity contribution in [3.63, 3.8) is 0 Å². The van der Waals surface area contributed by atoms with E-state index in [1.165, 1.54) is 6.33 Å². The lowest BCUT2D eigenvalue weighted by molar-refractivity contribution is -0.141. The van der Waals surface area contributed by atoms with Crippen molar-refractivity contribution in [3.05, 3.63) is 63.4 Å². The van der Waals surface area contributed by atoms with Gasteiger partial charge in [0, 0.05) is 15.6 Å². The van der Waals surface area contributed by atoms with Gasteiger partial charge in [-0.2, -0.15) is 4.98 Å². The number of imidazole rings is 1. The summed E-state index contributed by atoms with van der Waals surface area (Å²) in [5.74, 6) is 0.137. The summed E-state index contributed by atoms with van der Waals surface area (Å²) in [7, 11) is 0. The highest BCUT2D eigenvalue weighted by atomic mass is 35.5. The first kappa shape index (κ1) is 26.5. The van der Waals surface area contributed by atoms with Gasteiger partial charge in [0.05, 0.1) is 24.1 Å². The Hall–Kier alpha value is -3.07. The number of carboxylic acid groups (broad SMARTS) is 1. The topological polar surface area (TPSA) is 99.4 Å². The fourth-order valence-corrected chi connectivity index (χ4v) is 4.56. The summed E-state index contributed by atoms with van der Waals surface area (Å²) >= 11 is 19.5. The lowest BCUT2D eigenvalue weighted by Crippen LogP contribution is -2.13. The van der Waals surface area contributed by atoms with Crippen LogP contribution in [-0.4, -0.2) is 42.8 Å². The van der Waals surface area contributed by atoms with Crippen molar-refractivity contribution in [2.45, 2.75) is 45.3 Å². The molecule has 1 atom stereocenters. The molecule has 38 heavy (non-hydrogen) atoms. The zero-order chi connectivity index (χ0) is 27.0. The van der Waals surface area contributed by atoms with Crippen LogP contribution in [0.4, 0.5) is 0 Å². The molecule has 2 heterocycles. The van der Waals surface area contributed by atoms with Gasteiger partial charge in [-0.05, 0) is 68.1 Å². The highest BCUT2D eigenvalue weighted by Gasteiger charge is 2.41. The maximum atomic E-state index is 11.1. The first-order chi connectivity index (χ1) is 18.1. The molecule has 2 aromatic carbocycles. The minimum Gasteiger partial charge on any atom is -0.494 e. The lowest BCUT2D eigenvalue weighted by atomic mass is 10.1. The van der Waals surface area contributed by atoms with Gasteiger partial charge in [0.2, 0.25) is 5.88 Å². The number of benzene rings is 2. The monoisotopic (exact) mass is 574 g/mol. The Bertz CT molecular complexity index is 1520. The summed E-state index contributed by atoms with van der Waals surface area (Å²) in [5.41, 5.74) is 2.28. The third kappa shape index (κ3) is 5.67. The first-order valence-electron chi connectivity index (χ1n) is 12.1. The number of halogens is 3. The van der Waals surface area contributed by atoms with E-state index >= 15 is 0 Å². The van der Waals surface area contributed by atoms with Crippen molar-refractivity contribution >= 4 is 51.9 Å². The second-order valence-corrected chi connectivity index (χ2v) is 10.9. The van der Waals surface area contributed by atoms with Crippen molar-refractivity contribution in [1.82, 2.24) is 19.5 Å². The lowest BCUT2D eigenvalue weighted by Gasteiger charge is -2.13. The predicted molar refractivity (Wildman–Crippen MR) is 147 cm³/mol. The van der Waals surface area contributed by atoms with E-state index in [2.05, 4.69) is 9.97 Å². The summed E-state index contributed by atoms with van der Waals surface area (Å²) in [4.78, 5) is 24.8. The number of aromatic nitrogens is 4. The highest BCUT2D eigenvalue weighted by Crippen LogP contribution is 2.41. The number of ether oxygens (including phenoxy) is 2. The average Bonchev–Trinajstić information content (AvgIpc) is 3.49.